The Morgan fingerprint density at radius 3 is 1.24 bits per heavy atom. The number of hydrogen-bond acceptors (Lipinski definition) is 0. The molecule has 126 valence electrons. The van der Waals surface area contributed by atoms with Crippen LogP contribution in [0.15, 0.2) is 0 Å². The van der Waals surface area contributed by atoms with Crippen molar-refractivity contribution in [1.82, 2.24) is 0 Å². The van der Waals surface area contributed by atoms with Crippen LogP contribution in [0.4, 0.5) is 0 Å². The van der Waals surface area contributed by atoms with Crippen molar-refractivity contribution in [2.75, 3.05) is 0 Å². The first kappa shape index (κ1) is 19.0. The monoisotopic (exact) mass is 294 g/mol. The third-order valence-electron chi connectivity index (χ3n) is 5.44. The highest BCUT2D eigenvalue weighted by molar-refractivity contribution is 4.69. The van der Waals surface area contributed by atoms with Crippen molar-refractivity contribution < 1.29 is 0 Å². The van der Waals surface area contributed by atoms with Crippen molar-refractivity contribution in [3.05, 3.63) is 0 Å². The lowest BCUT2D eigenvalue weighted by atomic mass is 9.81. The Morgan fingerprint density at radius 1 is 0.524 bits per heavy atom. The molecule has 1 saturated carbocycles. The first-order chi connectivity index (χ1) is 10.4. The van der Waals surface area contributed by atoms with Gasteiger partial charge in [-0.2, -0.15) is 0 Å². The normalized spacial score (nSPS) is 15.3. The molecule has 0 aromatic heterocycles. The van der Waals surface area contributed by atoms with Gasteiger partial charge < -0.3 is 0 Å². The van der Waals surface area contributed by atoms with Gasteiger partial charge in [-0.3, -0.25) is 0 Å². The van der Waals surface area contributed by atoms with E-state index in [0.29, 0.717) is 0 Å². The highest BCUT2D eigenvalue weighted by Crippen LogP contribution is 2.31. The predicted octanol–water partition coefficient (Wildman–Crippen LogP) is 8.05. The van der Waals surface area contributed by atoms with Crippen LogP contribution in [0, 0.1) is 5.92 Å². The molecule has 0 aromatic carbocycles. The zero-order valence-electron chi connectivity index (χ0n) is 15.0. The van der Waals surface area contributed by atoms with Gasteiger partial charge in [-0.25, -0.2) is 0 Å². The van der Waals surface area contributed by atoms with E-state index < -0.39 is 0 Å². The Hall–Kier alpha value is 0. The van der Waals surface area contributed by atoms with Crippen LogP contribution in [0.1, 0.15) is 129 Å². The molecule has 1 aliphatic rings. The molecule has 0 heterocycles. The van der Waals surface area contributed by atoms with Crippen LogP contribution in [-0.4, -0.2) is 0 Å². The minimum absolute atomic E-state index is 1.13. The van der Waals surface area contributed by atoms with E-state index in [1.165, 1.54) is 109 Å². The fourth-order valence-electron chi connectivity index (χ4n) is 3.59. The van der Waals surface area contributed by atoms with E-state index in [1.54, 1.807) is 12.8 Å². The molecule has 0 radical (unpaired) electrons. The molecule has 0 saturated heterocycles. The van der Waals surface area contributed by atoms with Crippen LogP contribution in [0.3, 0.4) is 0 Å². The maximum absolute atomic E-state index is 2.30. The Kier molecular flexibility index (Phi) is 13.5. The van der Waals surface area contributed by atoms with Crippen molar-refractivity contribution >= 4 is 0 Å². The van der Waals surface area contributed by atoms with Crippen LogP contribution < -0.4 is 0 Å². The molecule has 0 heteroatoms. The molecule has 0 N–H and O–H groups in total. The van der Waals surface area contributed by atoms with E-state index in [4.69, 9.17) is 0 Å². The van der Waals surface area contributed by atoms with Gasteiger partial charge in [0.05, 0.1) is 0 Å². The second-order valence-electron chi connectivity index (χ2n) is 7.54. The average molecular weight is 295 g/mol. The van der Waals surface area contributed by atoms with E-state index in [9.17, 15) is 0 Å². The van der Waals surface area contributed by atoms with Gasteiger partial charge in [-0.05, 0) is 5.92 Å². The SMILES string of the molecule is CCCCCCCCCCCCCCCCCC1CCC1. The highest BCUT2D eigenvalue weighted by atomic mass is 14.2. The zero-order chi connectivity index (χ0) is 15.0. The van der Waals surface area contributed by atoms with Crippen LogP contribution in [0.5, 0.6) is 0 Å². The molecule has 0 aromatic rings. The molecular weight excluding hydrogens is 252 g/mol. The predicted molar refractivity (Wildman–Crippen MR) is 96.9 cm³/mol. The molecule has 0 aliphatic heterocycles. The summed E-state index contributed by atoms with van der Waals surface area (Å²) in [5.74, 6) is 1.13. The third kappa shape index (κ3) is 12.2. The summed E-state index contributed by atoms with van der Waals surface area (Å²) in [6, 6.07) is 0. The Balaban J connectivity index is 1.61. The van der Waals surface area contributed by atoms with Crippen molar-refractivity contribution in [3.63, 3.8) is 0 Å². The van der Waals surface area contributed by atoms with E-state index in [-0.39, 0.29) is 0 Å². The summed E-state index contributed by atoms with van der Waals surface area (Å²) >= 11 is 0. The van der Waals surface area contributed by atoms with Crippen molar-refractivity contribution in [2.24, 2.45) is 5.92 Å². The van der Waals surface area contributed by atoms with Crippen molar-refractivity contribution in [3.8, 4) is 0 Å². The van der Waals surface area contributed by atoms with Gasteiger partial charge >= 0.3 is 0 Å². The van der Waals surface area contributed by atoms with Gasteiger partial charge in [0.25, 0.3) is 0 Å². The summed E-state index contributed by atoms with van der Waals surface area (Å²) in [6.45, 7) is 2.30. The fraction of sp³-hybridized carbons (Fsp3) is 1.00. The first-order valence-corrected chi connectivity index (χ1v) is 10.4. The molecule has 0 spiro atoms. The minimum atomic E-state index is 1.13. The highest BCUT2D eigenvalue weighted by Gasteiger charge is 2.15. The van der Waals surface area contributed by atoms with Gasteiger partial charge in [0.2, 0.25) is 0 Å². The lowest BCUT2D eigenvalue weighted by molar-refractivity contribution is 0.286. The lowest BCUT2D eigenvalue weighted by Gasteiger charge is -2.24. The molecular formula is C21H42. The second-order valence-corrected chi connectivity index (χ2v) is 7.54. The quantitative estimate of drug-likeness (QED) is 0.253. The number of hydrogen-bond donors (Lipinski definition) is 0. The summed E-state index contributed by atoms with van der Waals surface area (Å²) in [6.07, 6.45) is 28.4. The van der Waals surface area contributed by atoms with Gasteiger partial charge in [-0.15, -0.1) is 0 Å². The summed E-state index contributed by atoms with van der Waals surface area (Å²) in [4.78, 5) is 0. The van der Waals surface area contributed by atoms with Gasteiger partial charge in [0.15, 0.2) is 0 Å². The van der Waals surface area contributed by atoms with Crippen LogP contribution >= 0.6 is 0 Å². The van der Waals surface area contributed by atoms with Crippen LogP contribution in [0.25, 0.3) is 0 Å². The Morgan fingerprint density at radius 2 is 0.905 bits per heavy atom. The smallest absolute Gasteiger partial charge is 0.0414 e. The van der Waals surface area contributed by atoms with Gasteiger partial charge in [-0.1, -0.05) is 129 Å². The molecule has 0 nitrogen and oxygen atoms in total. The molecule has 0 unspecified atom stereocenters. The fourth-order valence-corrected chi connectivity index (χ4v) is 3.59. The standard InChI is InChI=1S/C21H42/c1-2-3-4-5-6-7-8-9-10-11-12-13-14-15-16-18-21-19-17-20-21/h21H,2-20H2,1H3. The lowest BCUT2D eigenvalue weighted by Crippen LogP contribution is -2.10. The van der Waals surface area contributed by atoms with E-state index in [2.05, 4.69) is 6.92 Å². The molecule has 21 heavy (non-hydrogen) atoms. The summed E-state index contributed by atoms with van der Waals surface area (Å²) in [7, 11) is 0. The van der Waals surface area contributed by atoms with Crippen LogP contribution in [-0.2, 0) is 0 Å². The van der Waals surface area contributed by atoms with Gasteiger partial charge in [0.1, 0.15) is 0 Å². The van der Waals surface area contributed by atoms with Crippen molar-refractivity contribution in [2.45, 2.75) is 129 Å². The van der Waals surface area contributed by atoms with Crippen molar-refractivity contribution in [1.29, 1.82) is 0 Å². The first-order valence-electron chi connectivity index (χ1n) is 10.4. The summed E-state index contributed by atoms with van der Waals surface area (Å²) in [5, 5.41) is 0. The molecule has 0 bridgehead atoms. The maximum Gasteiger partial charge on any atom is -0.0414 e. The summed E-state index contributed by atoms with van der Waals surface area (Å²) < 4.78 is 0. The minimum Gasteiger partial charge on any atom is -0.0654 e. The van der Waals surface area contributed by atoms with E-state index in [1.807, 2.05) is 0 Å². The van der Waals surface area contributed by atoms with Gasteiger partial charge in [0, 0.05) is 0 Å². The van der Waals surface area contributed by atoms with Crippen LogP contribution in [0.2, 0.25) is 0 Å². The molecule has 0 atom stereocenters. The van der Waals surface area contributed by atoms with E-state index in [0.717, 1.165) is 5.92 Å². The number of unbranched alkanes of at least 4 members (excludes halogenated alkanes) is 14. The molecule has 1 aliphatic carbocycles. The largest absolute Gasteiger partial charge is 0.0654 e. The van der Waals surface area contributed by atoms with E-state index >= 15 is 0 Å². The maximum atomic E-state index is 2.30. The molecule has 1 rings (SSSR count). The average Bonchev–Trinajstić information content (AvgIpc) is 2.45. The summed E-state index contributed by atoms with van der Waals surface area (Å²) in [5.41, 5.74) is 0. The zero-order valence-corrected chi connectivity index (χ0v) is 15.0. The molecule has 1 fully saturated rings. The molecule has 0 amide bonds. The number of rotatable bonds is 16. The topological polar surface area (TPSA) is 0 Å². The Labute approximate surface area is 135 Å². The Bertz CT molecular complexity index is 192. The second kappa shape index (κ2) is 14.9. The third-order valence-corrected chi connectivity index (χ3v) is 5.44.